The lowest BCUT2D eigenvalue weighted by Gasteiger charge is -2.22. The van der Waals surface area contributed by atoms with Crippen molar-refractivity contribution in [2.75, 3.05) is 20.3 Å². The summed E-state index contributed by atoms with van der Waals surface area (Å²) >= 11 is 0. The van der Waals surface area contributed by atoms with Gasteiger partial charge in [0.05, 0.1) is 6.67 Å². The van der Waals surface area contributed by atoms with Crippen LogP contribution in [0.1, 0.15) is 67.0 Å². The number of ether oxygens (including phenoxy) is 1. The zero-order valence-corrected chi connectivity index (χ0v) is 28.7. The predicted molar refractivity (Wildman–Crippen MR) is 187 cm³/mol. The lowest BCUT2D eigenvalue weighted by Crippen LogP contribution is -2.29. The first-order valence-corrected chi connectivity index (χ1v) is 15.8. The van der Waals surface area contributed by atoms with Gasteiger partial charge in [-0.25, -0.2) is 13.8 Å². The Kier molecular flexibility index (Phi) is 13.8. The number of aliphatic hydroxyl groups excluding tert-OH is 1. The zero-order chi connectivity index (χ0) is 36.2. The van der Waals surface area contributed by atoms with Crippen molar-refractivity contribution in [2.24, 2.45) is 26.8 Å². The van der Waals surface area contributed by atoms with E-state index in [-0.39, 0.29) is 35.8 Å². The average Bonchev–Trinajstić information content (AvgIpc) is 3.92. The summed E-state index contributed by atoms with van der Waals surface area (Å²) in [6.45, 7) is 10.6. The Morgan fingerprint density at radius 3 is 2.18 bits per heavy atom. The van der Waals surface area contributed by atoms with Gasteiger partial charge in [-0.2, -0.15) is 4.99 Å². The molecule has 0 bridgehead atoms. The molecule has 262 valence electrons. The molecule has 0 atom stereocenters. The van der Waals surface area contributed by atoms with Crippen LogP contribution in [0.5, 0.6) is 5.75 Å². The highest BCUT2D eigenvalue weighted by molar-refractivity contribution is 6.04. The van der Waals surface area contributed by atoms with Gasteiger partial charge in [0.2, 0.25) is 0 Å². The fourth-order valence-electron chi connectivity index (χ4n) is 4.87. The zero-order valence-electron chi connectivity index (χ0n) is 28.7. The van der Waals surface area contributed by atoms with Crippen molar-refractivity contribution in [2.45, 2.75) is 65.0 Å². The van der Waals surface area contributed by atoms with E-state index in [1.807, 2.05) is 48.5 Å². The van der Waals surface area contributed by atoms with Crippen LogP contribution in [0.4, 0.5) is 8.78 Å². The van der Waals surface area contributed by atoms with E-state index in [9.17, 15) is 18.4 Å². The molecule has 0 aliphatic heterocycles. The normalized spacial score (nSPS) is 13.7. The number of alkyl halides is 2. The van der Waals surface area contributed by atoms with Gasteiger partial charge in [-0.3, -0.25) is 14.5 Å². The summed E-state index contributed by atoms with van der Waals surface area (Å²) in [6.07, 6.45) is 3.15. The van der Waals surface area contributed by atoms with Crippen molar-refractivity contribution in [1.82, 2.24) is 4.90 Å². The number of aliphatic hydroxyl groups is 1. The lowest BCUT2D eigenvalue weighted by atomic mass is 10.0. The first-order valence-electron chi connectivity index (χ1n) is 15.8. The number of rotatable bonds is 15. The number of benzene rings is 3. The molecule has 1 aliphatic carbocycles. The minimum absolute atomic E-state index is 0.00606. The van der Waals surface area contributed by atoms with Gasteiger partial charge in [-0.1, -0.05) is 47.6 Å². The molecule has 1 saturated carbocycles. The summed E-state index contributed by atoms with van der Waals surface area (Å²) in [5, 5.41) is 10.5. The molecule has 0 heterocycles. The molecule has 49 heavy (non-hydrogen) atoms. The van der Waals surface area contributed by atoms with Crippen molar-refractivity contribution in [1.29, 1.82) is 0 Å². The number of carbonyl (C=O) groups is 2. The molecule has 10 nitrogen and oxygen atoms in total. The van der Waals surface area contributed by atoms with Crippen molar-refractivity contribution in [3.05, 3.63) is 100 Å². The molecule has 0 saturated heterocycles. The second kappa shape index (κ2) is 17.5. The molecule has 0 radical (unpaired) electrons. The van der Waals surface area contributed by atoms with Crippen LogP contribution >= 0.6 is 0 Å². The molecule has 0 aromatic heterocycles. The number of hydrogen-bond donors (Lipinski definition) is 2. The topological polar surface area (TPSA) is 139 Å². The first kappa shape index (κ1) is 38.6. The summed E-state index contributed by atoms with van der Waals surface area (Å²) in [5.41, 5.74) is 8.67. The van der Waals surface area contributed by atoms with E-state index in [2.05, 4.69) is 26.8 Å². The van der Waals surface area contributed by atoms with Crippen molar-refractivity contribution < 1.29 is 33.1 Å². The molecule has 1 aliphatic rings. The molecule has 0 unspecified atom stereocenters. The molecule has 0 spiro atoms. The van der Waals surface area contributed by atoms with E-state index in [0.29, 0.717) is 42.0 Å². The van der Waals surface area contributed by atoms with E-state index >= 15 is 0 Å². The number of amides is 1. The van der Waals surface area contributed by atoms with Crippen LogP contribution < -0.4 is 10.5 Å². The van der Waals surface area contributed by atoms with E-state index in [1.165, 1.54) is 12.1 Å². The lowest BCUT2D eigenvalue weighted by molar-refractivity contribution is -0.119. The number of amidine groups is 1. The largest absolute Gasteiger partial charge is 0.480 e. The highest BCUT2D eigenvalue weighted by Crippen LogP contribution is 2.31. The number of nitrogens with zero attached hydrogens (tertiary/aromatic N) is 4. The maximum atomic E-state index is 14.0. The summed E-state index contributed by atoms with van der Waals surface area (Å²) in [5.74, 6) is -2.23. The standard InChI is InChI=1S/C36H41F2N5O4.CH4O/c1-24-20-29(14-17-31(24)36(4,37)38)34(47-40-5)41-23-43(19-18-25-8-15-30(16-9-25)46-35(2,3)22-44)21-26-6-10-27(11-7-26)32(39)42-33(45)28-12-13-28;1-2/h6-11,14-17,20,22,28H,5,12-13,18-19,21,23H2,1-4H3,(H2,39,42,45);2H,1H3/b41-34-;. The fraction of sp³-hybridized carbons (Fsp3) is 0.378. The van der Waals surface area contributed by atoms with E-state index in [1.54, 1.807) is 26.8 Å². The third kappa shape index (κ3) is 12.0. The molecule has 12 heteroatoms. The molecular formula is C37H45F2N5O5. The van der Waals surface area contributed by atoms with E-state index < -0.39 is 11.5 Å². The van der Waals surface area contributed by atoms with E-state index in [0.717, 1.165) is 44.3 Å². The fourth-order valence-corrected chi connectivity index (χ4v) is 4.87. The number of carbonyl (C=O) groups excluding carboxylic acids is 2. The summed E-state index contributed by atoms with van der Waals surface area (Å²) in [4.78, 5) is 39.5. The number of halogens is 2. The molecule has 3 aromatic rings. The van der Waals surface area contributed by atoms with E-state index in [4.69, 9.17) is 20.4 Å². The number of aryl methyl sites for hydroxylation is 1. The van der Waals surface area contributed by atoms with Crippen molar-refractivity contribution >= 4 is 30.6 Å². The Morgan fingerprint density at radius 2 is 1.63 bits per heavy atom. The highest BCUT2D eigenvalue weighted by atomic mass is 19.3. The average molecular weight is 678 g/mol. The Labute approximate surface area is 286 Å². The smallest absolute Gasteiger partial charge is 0.270 e. The summed E-state index contributed by atoms with van der Waals surface area (Å²) < 4.78 is 33.7. The Bertz CT molecular complexity index is 1630. The van der Waals surface area contributed by atoms with Crippen LogP contribution in [0.25, 0.3) is 0 Å². The molecule has 1 fully saturated rings. The van der Waals surface area contributed by atoms with Gasteiger partial charge in [0.15, 0.2) is 11.9 Å². The van der Waals surface area contributed by atoms with Gasteiger partial charge in [-0.15, -0.1) is 0 Å². The maximum Gasteiger partial charge on any atom is 0.270 e. The van der Waals surface area contributed by atoms with Gasteiger partial charge >= 0.3 is 0 Å². The number of aldehydes is 1. The van der Waals surface area contributed by atoms with Gasteiger partial charge in [-0.05, 0) is 81.0 Å². The van der Waals surface area contributed by atoms with Crippen molar-refractivity contribution in [3.8, 4) is 5.75 Å². The second-order valence-corrected chi connectivity index (χ2v) is 12.3. The van der Waals surface area contributed by atoms with Crippen molar-refractivity contribution in [3.63, 3.8) is 0 Å². The Balaban J connectivity index is 0.00000319. The number of aliphatic imine (C=N–C) groups is 2. The second-order valence-electron chi connectivity index (χ2n) is 12.3. The van der Waals surface area contributed by atoms with Crippen LogP contribution in [0.3, 0.4) is 0 Å². The Morgan fingerprint density at radius 1 is 1.02 bits per heavy atom. The van der Waals surface area contributed by atoms with Gasteiger partial charge in [0.25, 0.3) is 17.7 Å². The van der Waals surface area contributed by atoms with Gasteiger partial charge < -0.3 is 20.4 Å². The van der Waals surface area contributed by atoms with Crippen LogP contribution in [0.2, 0.25) is 0 Å². The SMILES string of the molecule is C=NO/C(=N\CN(CCc1ccc(OC(C)(C)C=O)cc1)Cc1ccc(C(N)=NC(=O)C2CC2)cc1)c1ccc(C(C)(F)F)c(C)c1.CO. The Hall–Kier alpha value is -4.81. The predicted octanol–water partition coefficient (Wildman–Crippen LogP) is 5.79. The molecule has 3 N–H and O–H groups in total. The molecular weight excluding hydrogens is 632 g/mol. The van der Waals surface area contributed by atoms with Crippen LogP contribution in [0.15, 0.2) is 81.9 Å². The van der Waals surface area contributed by atoms with Gasteiger partial charge in [0, 0.05) is 56.4 Å². The summed E-state index contributed by atoms with van der Waals surface area (Å²) in [7, 11) is 1.00. The maximum absolute atomic E-state index is 14.0. The quantitative estimate of drug-likeness (QED) is 0.0898. The number of oxime groups is 1. The molecule has 3 aromatic carbocycles. The van der Waals surface area contributed by atoms with Crippen LogP contribution in [-0.4, -0.2) is 66.6 Å². The highest BCUT2D eigenvalue weighted by Gasteiger charge is 2.29. The number of hydrogen-bond acceptors (Lipinski definition) is 8. The third-order valence-corrected chi connectivity index (χ3v) is 7.63. The van der Waals surface area contributed by atoms with Crippen LogP contribution in [-0.2, 0) is 33.3 Å². The minimum Gasteiger partial charge on any atom is -0.480 e. The van der Waals surface area contributed by atoms with Crippen LogP contribution in [0, 0.1) is 12.8 Å². The molecule has 4 rings (SSSR count). The van der Waals surface area contributed by atoms with Gasteiger partial charge in [0.1, 0.15) is 11.6 Å². The molecule has 1 amide bonds. The summed E-state index contributed by atoms with van der Waals surface area (Å²) in [6, 6.07) is 19.5. The third-order valence-electron chi connectivity index (χ3n) is 7.63. The first-order chi connectivity index (χ1) is 23.3. The monoisotopic (exact) mass is 677 g/mol. The number of nitrogens with two attached hydrogens (primary N) is 1. The minimum atomic E-state index is -2.98.